The van der Waals surface area contributed by atoms with Crippen molar-refractivity contribution < 1.29 is 9.59 Å². The number of nitrogen functional groups attached to an aromatic ring is 2. The molecule has 0 atom stereocenters. The molecule has 4 heterocycles. The van der Waals surface area contributed by atoms with Gasteiger partial charge in [0.2, 0.25) is 5.78 Å². The average molecular weight is 429 g/mol. The number of rotatable bonds is 3. The van der Waals surface area contributed by atoms with Crippen LogP contribution in [0.2, 0.25) is 5.15 Å². The highest BCUT2D eigenvalue weighted by Gasteiger charge is 2.40. The van der Waals surface area contributed by atoms with Gasteiger partial charge in [-0.3, -0.25) is 14.6 Å². The standard InChI is InChI=1S/C19H21ClN8O2/c20-15-17(22)26-16(21)14(25-15)12(29)9-13-24-10-19(27-13)3-7-28(8-4-19)18(30)11-1-5-23-6-2-11/h1-2,5-6,9,24,27H,3-4,7-8,10H2,(H4,21,22,26)/b13-9+. The molecule has 0 unspecified atom stereocenters. The topological polar surface area (TPSA) is 152 Å². The Morgan fingerprint density at radius 2 is 1.83 bits per heavy atom. The molecule has 2 fully saturated rings. The van der Waals surface area contributed by atoms with Crippen molar-refractivity contribution in [2.45, 2.75) is 18.4 Å². The first-order valence-electron chi connectivity index (χ1n) is 9.43. The lowest BCUT2D eigenvalue weighted by molar-refractivity contribution is 0.0667. The highest BCUT2D eigenvalue weighted by Crippen LogP contribution is 2.27. The van der Waals surface area contributed by atoms with E-state index in [1.54, 1.807) is 24.5 Å². The number of amides is 1. The zero-order valence-electron chi connectivity index (χ0n) is 16.1. The van der Waals surface area contributed by atoms with E-state index in [4.69, 9.17) is 23.1 Å². The molecule has 10 nitrogen and oxygen atoms in total. The number of carbonyl (C=O) groups excluding carboxylic acids is 2. The number of aromatic nitrogens is 3. The number of halogens is 1. The number of nitrogens with zero attached hydrogens (tertiary/aromatic N) is 4. The second kappa shape index (κ2) is 7.79. The zero-order valence-corrected chi connectivity index (χ0v) is 16.8. The SMILES string of the molecule is Nc1nc(N)c(C(=O)/C=C2\NCC3(CCN(C(=O)c4ccncc4)CC3)N2)nc1Cl. The van der Waals surface area contributed by atoms with Crippen LogP contribution in [0.15, 0.2) is 36.4 Å². The lowest BCUT2D eigenvalue weighted by atomic mass is 9.88. The van der Waals surface area contributed by atoms with Crippen molar-refractivity contribution in [1.82, 2.24) is 30.5 Å². The summed E-state index contributed by atoms with van der Waals surface area (Å²) in [7, 11) is 0. The van der Waals surface area contributed by atoms with Gasteiger partial charge in [0.25, 0.3) is 5.91 Å². The molecule has 156 valence electrons. The van der Waals surface area contributed by atoms with E-state index in [1.807, 2.05) is 4.90 Å². The van der Waals surface area contributed by atoms with E-state index in [0.717, 1.165) is 12.8 Å². The van der Waals surface area contributed by atoms with Gasteiger partial charge in [-0.1, -0.05) is 11.6 Å². The minimum absolute atomic E-state index is 0.00146. The Bertz CT molecular complexity index is 1020. The van der Waals surface area contributed by atoms with Gasteiger partial charge in [0.05, 0.1) is 5.54 Å². The van der Waals surface area contributed by atoms with Crippen LogP contribution < -0.4 is 22.1 Å². The summed E-state index contributed by atoms with van der Waals surface area (Å²) >= 11 is 5.85. The molecule has 6 N–H and O–H groups in total. The maximum absolute atomic E-state index is 12.6. The molecule has 4 rings (SSSR count). The van der Waals surface area contributed by atoms with Crippen molar-refractivity contribution in [3.05, 3.63) is 52.8 Å². The molecule has 1 spiro atoms. The highest BCUT2D eigenvalue weighted by molar-refractivity contribution is 6.31. The number of carbonyl (C=O) groups is 2. The number of anilines is 2. The van der Waals surface area contributed by atoms with Crippen LogP contribution in [0.5, 0.6) is 0 Å². The lowest BCUT2D eigenvalue weighted by Gasteiger charge is -2.38. The number of nitrogens with two attached hydrogens (primary N) is 2. The van der Waals surface area contributed by atoms with E-state index in [0.29, 0.717) is 31.0 Å². The maximum atomic E-state index is 12.6. The third-order valence-electron chi connectivity index (χ3n) is 5.37. The van der Waals surface area contributed by atoms with Gasteiger partial charge in [0.15, 0.2) is 22.5 Å². The first-order valence-corrected chi connectivity index (χ1v) is 9.81. The quantitative estimate of drug-likeness (QED) is 0.406. The lowest BCUT2D eigenvalue weighted by Crippen LogP contribution is -2.53. The number of likely N-dealkylation sites (tertiary alicyclic amines) is 1. The van der Waals surface area contributed by atoms with E-state index in [-0.39, 0.29) is 33.9 Å². The van der Waals surface area contributed by atoms with Gasteiger partial charge in [-0.15, -0.1) is 0 Å². The molecule has 11 heteroatoms. The number of ketones is 1. The van der Waals surface area contributed by atoms with Crippen molar-refractivity contribution in [3.8, 4) is 0 Å². The molecule has 0 saturated carbocycles. The summed E-state index contributed by atoms with van der Waals surface area (Å²) < 4.78 is 0. The van der Waals surface area contributed by atoms with Gasteiger partial charge >= 0.3 is 0 Å². The first kappa shape index (κ1) is 19.9. The second-order valence-corrected chi connectivity index (χ2v) is 7.70. The highest BCUT2D eigenvalue weighted by atomic mass is 35.5. The summed E-state index contributed by atoms with van der Waals surface area (Å²) in [5, 5.41) is 6.53. The second-order valence-electron chi connectivity index (χ2n) is 7.34. The van der Waals surface area contributed by atoms with Crippen LogP contribution in [0.1, 0.15) is 33.7 Å². The molecular formula is C19H21ClN8O2. The molecule has 0 aliphatic carbocycles. The molecule has 2 aliphatic rings. The summed E-state index contributed by atoms with van der Waals surface area (Å²) in [5.41, 5.74) is 11.7. The molecule has 2 aromatic rings. The van der Waals surface area contributed by atoms with E-state index < -0.39 is 5.78 Å². The molecule has 30 heavy (non-hydrogen) atoms. The Hall–Kier alpha value is -3.40. The summed E-state index contributed by atoms with van der Waals surface area (Å²) in [4.78, 5) is 38.7. The van der Waals surface area contributed by atoms with E-state index in [2.05, 4.69) is 25.6 Å². The van der Waals surface area contributed by atoms with Crippen LogP contribution in [-0.4, -0.2) is 56.7 Å². The van der Waals surface area contributed by atoms with Gasteiger partial charge in [0, 0.05) is 43.7 Å². The Kier molecular flexibility index (Phi) is 5.17. The molecule has 0 aromatic carbocycles. The van der Waals surface area contributed by atoms with Crippen molar-refractivity contribution in [2.75, 3.05) is 31.1 Å². The number of allylic oxidation sites excluding steroid dienone is 1. The molecule has 1 amide bonds. The first-order chi connectivity index (χ1) is 14.4. The van der Waals surface area contributed by atoms with Gasteiger partial charge in [-0.2, -0.15) is 0 Å². The molecule has 2 saturated heterocycles. The zero-order chi connectivity index (χ0) is 21.3. The molecule has 2 aliphatic heterocycles. The minimum Gasteiger partial charge on any atom is -0.382 e. The van der Waals surface area contributed by atoms with Gasteiger partial charge in [-0.05, 0) is 25.0 Å². The Morgan fingerprint density at radius 1 is 1.13 bits per heavy atom. The monoisotopic (exact) mass is 428 g/mol. The number of piperidine rings is 1. The van der Waals surface area contributed by atoms with Crippen molar-refractivity contribution in [2.24, 2.45) is 0 Å². The number of pyridine rings is 1. The van der Waals surface area contributed by atoms with Crippen LogP contribution in [-0.2, 0) is 0 Å². The van der Waals surface area contributed by atoms with E-state index in [9.17, 15) is 9.59 Å². The molecular weight excluding hydrogens is 408 g/mol. The summed E-state index contributed by atoms with van der Waals surface area (Å²) in [5.74, 6) is 0.0395. The maximum Gasteiger partial charge on any atom is 0.253 e. The van der Waals surface area contributed by atoms with Crippen LogP contribution in [0.25, 0.3) is 0 Å². The summed E-state index contributed by atoms with van der Waals surface area (Å²) in [6.07, 6.45) is 6.10. The van der Waals surface area contributed by atoms with Crippen molar-refractivity contribution in [1.29, 1.82) is 0 Å². The van der Waals surface area contributed by atoms with E-state index in [1.165, 1.54) is 6.08 Å². The summed E-state index contributed by atoms with van der Waals surface area (Å²) in [6, 6.07) is 3.43. The largest absolute Gasteiger partial charge is 0.382 e. The molecule has 0 bridgehead atoms. The fourth-order valence-electron chi connectivity index (χ4n) is 3.66. The minimum atomic E-state index is -0.431. The van der Waals surface area contributed by atoms with Crippen molar-refractivity contribution in [3.63, 3.8) is 0 Å². The normalized spacial score (nSPS) is 18.8. The van der Waals surface area contributed by atoms with Crippen molar-refractivity contribution >= 4 is 34.9 Å². The Balaban J connectivity index is 1.40. The van der Waals surface area contributed by atoms with Crippen LogP contribution in [0, 0.1) is 0 Å². The number of nitrogens with one attached hydrogen (secondary N) is 2. The van der Waals surface area contributed by atoms with Gasteiger partial charge < -0.3 is 27.0 Å². The molecule has 2 aromatic heterocycles. The third-order valence-corrected chi connectivity index (χ3v) is 5.64. The Morgan fingerprint density at radius 3 is 2.53 bits per heavy atom. The number of hydrogen-bond acceptors (Lipinski definition) is 9. The predicted octanol–water partition coefficient (Wildman–Crippen LogP) is 0.581. The smallest absolute Gasteiger partial charge is 0.253 e. The van der Waals surface area contributed by atoms with Gasteiger partial charge in [0.1, 0.15) is 5.82 Å². The fourth-order valence-corrected chi connectivity index (χ4v) is 3.79. The summed E-state index contributed by atoms with van der Waals surface area (Å²) in [6.45, 7) is 1.87. The third kappa shape index (κ3) is 3.86. The fraction of sp³-hybridized carbons (Fsp3) is 0.316. The van der Waals surface area contributed by atoms with Gasteiger partial charge in [-0.25, -0.2) is 9.97 Å². The molecule has 0 radical (unpaired) electrons. The number of hydrogen-bond donors (Lipinski definition) is 4. The van der Waals surface area contributed by atoms with Crippen LogP contribution >= 0.6 is 11.6 Å². The van der Waals surface area contributed by atoms with Crippen LogP contribution in [0.4, 0.5) is 11.6 Å². The van der Waals surface area contributed by atoms with E-state index >= 15 is 0 Å². The average Bonchev–Trinajstić information content (AvgIpc) is 3.13. The van der Waals surface area contributed by atoms with Crippen LogP contribution in [0.3, 0.4) is 0 Å². The predicted molar refractivity (Wildman–Crippen MR) is 112 cm³/mol. The Labute approximate surface area is 177 Å².